The number of nitrogens with one attached hydrogen (secondary N) is 1. The molecule has 1 heterocycles. The number of nitrogens with zero attached hydrogens (tertiary/aromatic N) is 3. The molecule has 1 aromatic heterocycles. The van der Waals surface area contributed by atoms with Crippen LogP contribution in [0.1, 0.15) is 24.3 Å². The Labute approximate surface area is 119 Å². The highest BCUT2D eigenvalue weighted by molar-refractivity contribution is 5.93. The SMILES string of the molecule is CCN(CC)C(=O)CNc1ccnc(C(=O)N(C)C)c1. The van der Waals surface area contributed by atoms with Crippen LogP contribution in [0.15, 0.2) is 18.3 Å². The molecule has 0 radical (unpaired) electrons. The molecule has 0 spiro atoms. The smallest absolute Gasteiger partial charge is 0.272 e. The summed E-state index contributed by atoms with van der Waals surface area (Å²) in [5, 5.41) is 3.03. The lowest BCUT2D eigenvalue weighted by Gasteiger charge is -2.19. The topological polar surface area (TPSA) is 65.5 Å². The fourth-order valence-electron chi connectivity index (χ4n) is 1.75. The lowest BCUT2D eigenvalue weighted by Crippen LogP contribution is -2.35. The lowest BCUT2D eigenvalue weighted by atomic mass is 10.3. The first-order valence-corrected chi connectivity index (χ1v) is 6.68. The van der Waals surface area contributed by atoms with Gasteiger partial charge in [0.25, 0.3) is 5.91 Å². The van der Waals surface area contributed by atoms with Gasteiger partial charge in [-0.15, -0.1) is 0 Å². The van der Waals surface area contributed by atoms with Gasteiger partial charge in [0.15, 0.2) is 0 Å². The van der Waals surface area contributed by atoms with Crippen molar-refractivity contribution in [2.24, 2.45) is 0 Å². The van der Waals surface area contributed by atoms with Crippen LogP contribution in [-0.2, 0) is 4.79 Å². The Morgan fingerprint density at radius 3 is 2.45 bits per heavy atom. The van der Waals surface area contributed by atoms with Crippen LogP contribution in [0, 0.1) is 0 Å². The molecule has 6 heteroatoms. The molecule has 1 rings (SSSR count). The third-order valence-corrected chi connectivity index (χ3v) is 2.95. The minimum absolute atomic E-state index is 0.0345. The van der Waals surface area contributed by atoms with E-state index in [4.69, 9.17) is 0 Å². The maximum Gasteiger partial charge on any atom is 0.272 e. The highest BCUT2D eigenvalue weighted by atomic mass is 16.2. The molecule has 0 saturated carbocycles. The van der Waals surface area contributed by atoms with Gasteiger partial charge < -0.3 is 15.1 Å². The summed E-state index contributed by atoms with van der Waals surface area (Å²) >= 11 is 0. The molecule has 0 aliphatic carbocycles. The number of likely N-dealkylation sites (N-methyl/N-ethyl adjacent to an activating group) is 1. The van der Waals surface area contributed by atoms with Crippen LogP contribution < -0.4 is 5.32 Å². The number of amides is 2. The zero-order valence-corrected chi connectivity index (χ0v) is 12.5. The van der Waals surface area contributed by atoms with E-state index in [9.17, 15) is 9.59 Å². The number of hydrogen-bond donors (Lipinski definition) is 1. The van der Waals surface area contributed by atoms with Crippen LogP contribution in [0.25, 0.3) is 0 Å². The van der Waals surface area contributed by atoms with Gasteiger partial charge in [0.1, 0.15) is 5.69 Å². The molecule has 0 bridgehead atoms. The molecule has 1 aromatic rings. The van der Waals surface area contributed by atoms with Crippen molar-refractivity contribution in [3.05, 3.63) is 24.0 Å². The van der Waals surface area contributed by atoms with E-state index < -0.39 is 0 Å². The van der Waals surface area contributed by atoms with E-state index in [0.29, 0.717) is 24.5 Å². The Balaban J connectivity index is 2.68. The fraction of sp³-hybridized carbons (Fsp3) is 0.500. The van der Waals surface area contributed by atoms with Gasteiger partial charge in [-0.05, 0) is 26.0 Å². The second-order valence-electron chi connectivity index (χ2n) is 4.55. The first-order chi connectivity index (χ1) is 9.49. The Bertz CT molecular complexity index is 470. The Hall–Kier alpha value is -2.11. The highest BCUT2D eigenvalue weighted by Gasteiger charge is 2.11. The maximum absolute atomic E-state index is 11.9. The third kappa shape index (κ3) is 4.22. The number of carbonyl (C=O) groups is 2. The summed E-state index contributed by atoms with van der Waals surface area (Å²) in [6.45, 7) is 5.49. The van der Waals surface area contributed by atoms with Crippen molar-refractivity contribution in [3.8, 4) is 0 Å². The minimum atomic E-state index is -0.163. The quantitative estimate of drug-likeness (QED) is 0.845. The average molecular weight is 278 g/mol. The normalized spacial score (nSPS) is 10.0. The summed E-state index contributed by atoms with van der Waals surface area (Å²) in [5.74, 6) is -0.129. The van der Waals surface area contributed by atoms with Gasteiger partial charge >= 0.3 is 0 Å². The Morgan fingerprint density at radius 1 is 1.25 bits per heavy atom. The number of carbonyl (C=O) groups excluding carboxylic acids is 2. The maximum atomic E-state index is 11.9. The molecular weight excluding hydrogens is 256 g/mol. The van der Waals surface area contributed by atoms with Gasteiger partial charge in [-0.1, -0.05) is 0 Å². The van der Waals surface area contributed by atoms with E-state index in [1.165, 1.54) is 4.90 Å². The molecule has 6 nitrogen and oxygen atoms in total. The molecule has 2 amide bonds. The van der Waals surface area contributed by atoms with E-state index in [-0.39, 0.29) is 18.4 Å². The Morgan fingerprint density at radius 2 is 1.90 bits per heavy atom. The average Bonchev–Trinajstić information content (AvgIpc) is 2.45. The molecule has 0 aliphatic rings. The summed E-state index contributed by atoms with van der Waals surface area (Å²) in [6, 6.07) is 3.39. The van der Waals surface area contributed by atoms with Crippen LogP contribution in [-0.4, -0.2) is 60.3 Å². The minimum Gasteiger partial charge on any atom is -0.376 e. The van der Waals surface area contributed by atoms with Crippen LogP contribution in [0.4, 0.5) is 5.69 Å². The highest BCUT2D eigenvalue weighted by Crippen LogP contribution is 2.09. The predicted molar refractivity (Wildman–Crippen MR) is 78.7 cm³/mol. The number of hydrogen-bond acceptors (Lipinski definition) is 4. The number of rotatable bonds is 6. The van der Waals surface area contributed by atoms with E-state index in [2.05, 4.69) is 10.3 Å². The summed E-state index contributed by atoms with van der Waals surface area (Å²) in [6.07, 6.45) is 1.56. The van der Waals surface area contributed by atoms with Crippen LogP contribution in [0.3, 0.4) is 0 Å². The van der Waals surface area contributed by atoms with Crippen molar-refractivity contribution in [3.63, 3.8) is 0 Å². The van der Waals surface area contributed by atoms with Crippen LogP contribution in [0.2, 0.25) is 0 Å². The van der Waals surface area contributed by atoms with Gasteiger partial charge in [0, 0.05) is 39.1 Å². The van der Waals surface area contributed by atoms with Gasteiger partial charge in [0.05, 0.1) is 6.54 Å². The molecule has 0 aromatic carbocycles. The summed E-state index contributed by atoms with van der Waals surface area (Å²) in [5.41, 5.74) is 1.07. The second-order valence-corrected chi connectivity index (χ2v) is 4.55. The Kier molecular flexibility index (Phi) is 5.96. The molecule has 1 N–H and O–H groups in total. The first kappa shape index (κ1) is 15.9. The second kappa shape index (κ2) is 7.47. The molecule has 110 valence electrons. The van der Waals surface area contributed by atoms with Crippen molar-refractivity contribution in [1.29, 1.82) is 0 Å². The van der Waals surface area contributed by atoms with E-state index >= 15 is 0 Å². The molecule has 0 unspecified atom stereocenters. The van der Waals surface area contributed by atoms with Crippen molar-refractivity contribution >= 4 is 17.5 Å². The molecule has 0 atom stereocenters. The molecule has 20 heavy (non-hydrogen) atoms. The zero-order chi connectivity index (χ0) is 15.1. The largest absolute Gasteiger partial charge is 0.376 e. The third-order valence-electron chi connectivity index (χ3n) is 2.95. The van der Waals surface area contributed by atoms with E-state index in [1.807, 2.05) is 13.8 Å². The number of aromatic nitrogens is 1. The lowest BCUT2D eigenvalue weighted by molar-refractivity contribution is -0.128. The van der Waals surface area contributed by atoms with Crippen molar-refractivity contribution in [2.75, 3.05) is 39.0 Å². The van der Waals surface area contributed by atoms with Gasteiger partial charge in [-0.3, -0.25) is 14.6 Å². The van der Waals surface area contributed by atoms with Gasteiger partial charge in [-0.25, -0.2) is 0 Å². The summed E-state index contributed by atoms with van der Waals surface area (Å²) in [4.78, 5) is 30.9. The van der Waals surface area contributed by atoms with Crippen molar-refractivity contribution in [2.45, 2.75) is 13.8 Å². The summed E-state index contributed by atoms with van der Waals surface area (Å²) in [7, 11) is 3.35. The molecule has 0 fully saturated rings. The van der Waals surface area contributed by atoms with Crippen LogP contribution >= 0.6 is 0 Å². The van der Waals surface area contributed by atoms with E-state index in [1.54, 1.807) is 37.3 Å². The van der Waals surface area contributed by atoms with Crippen molar-refractivity contribution < 1.29 is 9.59 Å². The number of pyridine rings is 1. The van der Waals surface area contributed by atoms with Crippen LogP contribution in [0.5, 0.6) is 0 Å². The predicted octanol–water partition coefficient (Wildman–Crippen LogP) is 1.06. The van der Waals surface area contributed by atoms with E-state index in [0.717, 1.165) is 0 Å². The molecule has 0 aliphatic heterocycles. The molecule has 0 saturated heterocycles. The number of anilines is 1. The van der Waals surface area contributed by atoms with Crippen molar-refractivity contribution in [1.82, 2.24) is 14.8 Å². The molecular formula is C14H22N4O2. The monoisotopic (exact) mass is 278 g/mol. The standard InChI is InChI=1S/C14H22N4O2/c1-5-18(6-2)13(19)10-16-11-7-8-15-12(9-11)14(20)17(3)4/h7-9H,5-6,10H2,1-4H3,(H,15,16). The van der Waals surface area contributed by atoms with Gasteiger partial charge in [0.2, 0.25) is 5.91 Å². The van der Waals surface area contributed by atoms with Gasteiger partial charge in [-0.2, -0.15) is 0 Å². The summed E-state index contributed by atoms with van der Waals surface area (Å²) < 4.78 is 0. The first-order valence-electron chi connectivity index (χ1n) is 6.68. The fourth-order valence-corrected chi connectivity index (χ4v) is 1.75. The zero-order valence-electron chi connectivity index (χ0n) is 12.5.